The molecule has 1 heterocycles. The molecule has 9 heteroatoms. The summed E-state index contributed by atoms with van der Waals surface area (Å²) in [5.74, 6) is -0.378. The smallest absolute Gasteiger partial charge is 0.387 e. The van der Waals surface area contributed by atoms with Crippen LogP contribution >= 0.6 is 23.2 Å². The maximum atomic E-state index is 12.3. The van der Waals surface area contributed by atoms with Crippen LogP contribution in [0.1, 0.15) is 10.5 Å². The molecule has 0 aliphatic heterocycles. The number of carbonyl (C=O) groups is 1. The number of amides is 1. The third kappa shape index (κ3) is 4.30. The minimum absolute atomic E-state index is 0.0388. The van der Waals surface area contributed by atoms with Crippen LogP contribution in [0, 0.1) is 0 Å². The van der Waals surface area contributed by atoms with Crippen LogP contribution in [-0.2, 0) is 0 Å². The van der Waals surface area contributed by atoms with Gasteiger partial charge >= 0.3 is 6.61 Å². The number of aromatic nitrogens is 2. The molecule has 0 bridgehead atoms. The highest BCUT2D eigenvalue weighted by Gasteiger charge is 2.12. The summed E-state index contributed by atoms with van der Waals surface area (Å²) in [4.78, 5) is 12.3. The van der Waals surface area contributed by atoms with Gasteiger partial charge in [-0.1, -0.05) is 23.2 Å². The number of halogens is 4. The fraction of sp³-hybridized carbons (Fsp3) is 0.0588. The van der Waals surface area contributed by atoms with E-state index in [-0.39, 0.29) is 11.4 Å². The van der Waals surface area contributed by atoms with Crippen LogP contribution in [0.4, 0.5) is 14.5 Å². The van der Waals surface area contributed by atoms with E-state index in [1.807, 2.05) is 0 Å². The Labute approximate surface area is 156 Å². The maximum absolute atomic E-state index is 12.3. The van der Waals surface area contributed by atoms with E-state index in [4.69, 9.17) is 23.2 Å². The number of alkyl halides is 2. The Kier molecular flexibility index (Phi) is 5.39. The normalized spacial score (nSPS) is 10.8. The van der Waals surface area contributed by atoms with Crippen molar-refractivity contribution >= 4 is 34.8 Å². The number of benzene rings is 2. The molecule has 1 aromatic heterocycles. The molecule has 3 rings (SSSR count). The molecule has 3 aromatic rings. The molecule has 0 fully saturated rings. The minimum Gasteiger partial charge on any atom is -0.435 e. The van der Waals surface area contributed by atoms with E-state index in [0.717, 1.165) is 0 Å². The zero-order chi connectivity index (χ0) is 18.7. The summed E-state index contributed by atoms with van der Waals surface area (Å²) >= 11 is 11.7. The average Bonchev–Trinajstić information content (AvgIpc) is 3.08. The Morgan fingerprint density at radius 1 is 1.08 bits per heavy atom. The zero-order valence-corrected chi connectivity index (χ0v) is 14.5. The molecule has 2 aromatic carbocycles. The number of anilines is 1. The maximum Gasteiger partial charge on any atom is 0.387 e. The molecule has 5 nitrogen and oxygen atoms in total. The summed E-state index contributed by atoms with van der Waals surface area (Å²) in [7, 11) is 0. The van der Waals surface area contributed by atoms with Crippen LogP contribution in [0.25, 0.3) is 11.3 Å². The highest BCUT2D eigenvalue weighted by atomic mass is 35.5. The van der Waals surface area contributed by atoms with Gasteiger partial charge in [-0.25, -0.2) is 0 Å². The summed E-state index contributed by atoms with van der Waals surface area (Å²) in [6.45, 7) is -2.89. The van der Waals surface area contributed by atoms with Crippen LogP contribution < -0.4 is 10.1 Å². The molecule has 0 unspecified atom stereocenters. The highest BCUT2D eigenvalue weighted by Crippen LogP contribution is 2.26. The monoisotopic (exact) mass is 397 g/mol. The number of aromatic amines is 1. The van der Waals surface area contributed by atoms with Gasteiger partial charge in [0, 0.05) is 11.3 Å². The first-order chi connectivity index (χ1) is 12.4. The number of ether oxygens (including phenoxy) is 1. The van der Waals surface area contributed by atoms with Crippen molar-refractivity contribution in [3.05, 3.63) is 64.3 Å². The minimum atomic E-state index is -2.89. The number of hydrogen-bond donors (Lipinski definition) is 2. The van der Waals surface area contributed by atoms with Gasteiger partial charge in [0.25, 0.3) is 5.91 Å². The van der Waals surface area contributed by atoms with Crippen LogP contribution in [0.15, 0.2) is 48.5 Å². The van der Waals surface area contributed by atoms with E-state index < -0.39 is 12.5 Å². The van der Waals surface area contributed by atoms with E-state index in [1.165, 1.54) is 24.3 Å². The molecule has 0 saturated carbocycles. The number of H-pyrrole nitrogens is 1. The fourth-order valence-electron chi connectivity index (χ4n) is 2.17. The van der Waals surface area contributed by atoms with E-state index >= 15 is 0 Å². The number of rotatable bonds is 5. The summed E-state index contributed by atoms with van der Waals surface area (Å²) < 4.78 is 28.6. The molecule has 0 spiro atoms. The number of nitrogens with zero attached hydrogens (tertiary/aromatic N) is 1. The molecule has 0 aliphatic carbocycles. The van der Waals surface area contributed by atoms with Gasteiger partial charge in [0.05, 0.1) is 15.7 Å². The standard InChI is InChI=1S/C17H11Cl2F2N3O2/c18-12-6-3-10(7-13(12)19)22-16(25)15-8-14(23-24-15)9-1-4-11(5-2-9)26-17(20)21/h1-8,17H,(H,22,25)(H,23,24). The molecule has 0 saturated heterocycles. The van der Waals surface area contributed by atoms with Crippen LogP contribution in [0.5, 0.6) is 5.75 Å². The third-order valence-corrected chi connectivity index (χ3v) is 4.11. The molecule has 134 valence electrons. The lowest BCUT2D eigenvalue weighted by atomic mass is 10.1. The second-order valence-corrected chi connectivity index (χ2v) is 5.97. The molecule has 1 amide bonds. The zero-order valence-electron chi connectivity index (χ0n) is 13.0. The average molecular weight is 398 g/mol. The second-order valence-electron chi connectivity index (χ2n) is 5.15. The van der Waals surface area contributed by atoms with Crippen molar-refractivity contribution in [1.82, 2.24) is 10.2 Å². The molecule has 26 heavy (non-hydrogen) atoms. The first-order valence-corrected chi connectivity index (χ1v) is 8.05. The fourth-order valence-corrected chi connectivity index (χ4v) is 2.46. The summed E-state index contributed by atoms with van der Waals surface area (Å²) in [6.07, 6.45) is 0. The van der Waals surface area contributed by atoms with Crippen molar-refractivity contribution in [3.8, 4) is 17.0 Å². The van der Waals surface area contributed by atoms with Crippen LogP contribution in [0.3, 0.4) is 0 Å². The summed E-state index contributed by atoms with van der Waals surface area (Å²) in [6, 6.07) is 12.2. The van der Waals surface area contributed by atoms with E-state index in [2.05, 4.69) is 20.3 Å². The van der Waals surface area contributed by atoms with Gasteiger partial charge in [0.2, 0.25) is 0 Å². The summed E-state index contributed by atoms with van der Waals surface area (Å²) in [5.41, 5.74) is 1.82. The van der Waals surface area contributed by atoms with Crippen molar-refractivity contribution in [2.75, 3.05) is 5.32 Å². The van der Waals surface area contributed by atoms with E-state index in [9.17, 15) is 13.6 Å². The first kappa shape index (κ1) is 18.2. The molecule has 2 N–H and O–H groups in total. The van der Waals surface area contributed by atoms with Gasteiger partial charge in [-0.3, -0.25) is 9.89 Å². The highest BCUT2D eigenvalue weighted by molar-refractivity contribution is 6.42. The van der Waals surface area contributed by atoms with E-state index in [1.54, 1.807) is 24.3 Å². The topological polar surface area (TPSA) is 67.0 Å². The van der Waals surface area contributed by atoms with Crippen LogP contribution in [0.2, 0.25) is 10.0 Å². The first-order valence-electron chi connectivity index (χ1n) is 7.29. The molecular weight excluding hydrogens is 387 g/mol. The van der Waals surface area contributed by atoms with Crippen molar-refractivity contribution in [2.24, 2.45) is 0 Å². The molecule has 0 aliphatic rings. The quantitative estimate of drug-likeness (QED) is 0.618. The number of hydrogen-bond acceptors (Lipinski definition) is 3. The van der Waals surface area contributed by atoms with Crippen molar-refractivity contribution in [3.63, 3.8) is 0 Å². The Bertz CT molecular complexity index is 930. The van der Waals surface area contributed by atoms with Crippen molar-refractivity contribution in [1.29, 1.82) is 0 Å². The lowest BCUT2D eigenvalue weighted by Crippen LogP contribution is -2.12. The molecule has 0 radical (unpaired) electrons. The Balaban J connectivity index is 1.72. The van der Waals surface area contributed by atoms with Gasteiger partial charge in [0.1, 0.15) is 11.4 Å². The molecular formula is C17H11Cl2F2N3O2. The predicted octanol–water partition coefficient (Wildman–Crippen LogP) is 5.24. The SMILES string of the molecule is O=C(Nc1ccc(Cl)c(Cl)c1)c1cc(-c2ccc(OC(F)F)cc2)n[nH]1. The number of carbonyl (C=O) groups excluding carboxylic acids is 1. The van der Waals surface area contributed by atoms with Crippen LogP contribution in [-0.4, -0.2) is 22.7 Å². The predicted molar refractivity (Wildman–Crippen MR) is 95.1 cm³/mol. The van der Waals surface area contributed by atoms with Crippen molar-refractivity contribution in [2.45, 2.75) is 6.61 Å². The van der Waals surface area contributed by atoms with Gasteiger partial charge in [0.15, 0.2) is 0 Å². The van der Waals surface area contributed by atoms with Gasteiger partial charge in [-0.2, -0.15) is 13.9 Å². The lowest BCUT2D eigenvalue weighted by molar-refractivity contribution is -0.0498. The molecule has 0 atom stereocenters. The van der Waals surface area contributed by atoms with Crippen molar-refractivity contribution < 1.29 is 18.3 Å². The number of nitrogens with one attached hydrogen (secondary N) is 2. The lowest BCUT2D eigenvalue weighted by Gasteiger charge is -2.05. The Morgan fingerprint density at radius 3 is 2.46 bits per heavy atom. The van der Waals surface area contributed by atoms with Gasteiger partial charge in [-0.15, -0.1) is 0 Å². The van der Waals surface area contributed by atoms with Gasteiger partial charge in [-0.05, 0) is 48.5 Å². The van der Waals surface area contributed by atoms with E-state index in [0.29, 0.717) is 27.0 Å². The largest absolute Gasteiger partial charge is 0.435 e. The van der Waals surface area contributed by atoms with Gasteiger partial charge < -0.3 is 10.1 Å². The Hall–Kier alpha value is -2.64. The third-order valence-electron chi connectivity index (χ3n) is 3.38. The Morgan fingerprint density at radius 2 is 1.81 bits per heavy atom. The summed E-state index contributed by atoms with van der Waals surface area (Å²) in [5, 5.41) is 10.0. The second kappa shape index (κ2) is 7.72.